The fourth-order valence-electron chi connectivity index (χ4n) is 8.22. The van der Waals surface area contributed by atoms with Gasteiger partial charge in [-0.3, -0.25) is 9.59 Å². The number of carbonyl (C=O) groups is 2. The van der Waals surface area contributed by atoms with Crippen LogP contribution in [0.15, 0.2) is 48.6 Å². The second-order valence-corrected chi connectivity index (χ2v) is 18.7. The van der Waals surface area contributed by atoms with E-state index in [1.165, 1.54) is 161 Å². The van der Waals surface area contributed by atoms with Crippen LogP contribution in [0.25, 0.3) is 0 Å². The number of esters is 1. The third kappa shape index (κ3) is 46.2. The van der Waals surface area contributed by atoms with Gasteiger partial charge in [0.25, 0.3) is 0 Å². The van der Waals surface area contributed by atoms with Crippen LogP contribution in [0.5, 0.6) is 0 Å². The first-order valence-electron chi connectivity index (χ1n) is 27.4. The first-order chi connectivity index (χ1) is 31.0. The molecule has 368 valence electrons. The highest BCUT2D eigenvalue weighted by molar-refractivity contribution is 5.77. The molecule has 0 heterocycles. The molecule has 0 saturated carbocycles. The molecule has 0 aliphatic rings. The molecule has 1 amide bonds. The third-order valence-electron chi connectivity index (χ3n) is 12.4. The molecule has 3 unspecified atom stereocenters. The third-order valence-corrected chi connectivity index (χ3v) is 12.4. The number of amides is 1. The number of allylic oxidation sites excluding steroid dienone is 8. The molecule has 3 atom stereocenters. The van der Waals surface area contributed by atoms with Crippen LogP contribution in [0, 0.1) is 0 Å². The van der Waals surface area contributed by atoms with Gasteiger partial charge in [-0.2, -0.15) is 0 Å². The Hall–Kier alpha value is -2.18. The van der Waals surface area contributed by atoms with Gasteiger partial charge in [-0.25, -0.2) is 0 Å². The van der Waals surface area contributed by atoms with E-state index in [0.717, 1.165) is 70.6 Å². The van der Waals surface area contributed by atoms with Crippen molar-refractivity contribution >= 4 is 11.9 Å². The smallest absolute Gasteiger partial charge is 0.306 e. The largest absolute Gasteiger partial charge is 0.462 e. The molecular weight excluding hydrogens is 779 g/mol. The Morgan fingerprint density at radius 2 is 0.873 bits per heavy atom. The van der Waals surface area contributed by atoms with Crippen LogP contribution in [0.3, 0.4) is 0 Å². The van der Waals surface area contributed by atoms with Crippen molar-refractivity contribution in [2.45, 2.75) is 296 Å². The molecule has 0 aliphatic heterocycles. The summed E-state index contributed by atoms with van der Waals surface area (Å²) < 4.78 is 5.92. The van der Waals surface area contributed by atoms with E-state index in [2.05, 4.69) is 74.7 Å². The van der Waals surface area contributed by atoms with E-state index in [-0.39, 0.29) is 24.9 Å². The summed E-state index contributed by atoms with van der Waals surface area (Å²) in [6, 6.07) is -0.717. The molecule has 0 aliphatic carbocycles. The Labute approximate surface area is 391 Å². The van der Waals surface area contributed by atoms with Crippen LogP contribution >= 0.6 is 0 Å². The SMILES string of the molecule is CCCCC/C=C\C/C=C\CCCCCCCCCC(=O)OC(CCC/C=C/C=C/CCCCCCCCC)CC(=O)NC(CO)C(O)CCCCCCCCCCCCCCC. The molecule has 0 aromatic carbocycles. The molecule has 0 fully saturated rings. The lowest BCUT2D eigenvalue weighted by Crippen LogP contribution is -2.46. The summed E-state index contributed by atoms with van der Waals surface area (Å²) in [5, 5.41) is 23.8. The standard InChI is InChI=1S/C57H105NO5/c1-4-7-10-13-16-19-22-25-27-28-29-32-35-38-41-44-47-50-57(62)63-53(48-45-42-39-36-33-31-26-23-20-17-14-11-8-5-2)51-56(61)58-54(52-59)55(60)49-46-43-40-37-34-30-24-21-18-15-12-9-6-3/h16,19,25,27,31,33,36,39,53-55,59-60H,4-15,17-18,20-24,26,28-30,32,34-35,37-38,40-52H2,1-3H3,(H,58,61)/b19-16-,27-25-,33-31+,39-36+. The van der Waals surface area contributed by atoms with E-state index in [1.807, 2.05) is 0 Å². The molecule has 6 heteroatoms. The van der Waals surface area contributed by atoms with E-state index >= 15 is 0 Å². The predicted molar refractivity (Wildman–Crippen MR) is 273 cm³/mol. The van der Waals surface area contributed by atoms with E-state index in [1.54, 1.807) is 0 Å². The Morgan fingerprint density at radius 3 is 1.37 bits per heavy atom. The molecule has 0 rings (SSSR count). The van der Waals surface area contributed by atoms with Gasteiger partial charge in [0.05, 0.1) is 25.2 Å². The summed E-state index contributed by atoms with van der Waals surface area (Å²) in [6.45, 7) is 6.45. The lowest BCUT2D eigenvalue weighted by Gasteiger charge is -2.24. The lowest BCUT2D eigenvalue weighted by molar-refractivity contribution is -0.151. The fourth-order valence-corrected chi connectivity index (χ4v) is 8.22. The Bertz CT molecular complexity index is 1080. The van der Waals surface area contributed by atoms with Crippen molar-refractivity contribution < 1.29 is 24.5 Å². The fraction of sp³-hybridized carbons (Fsp3) is 0.825. The molecule has 0 radical (unpaired) electrons. The van der Waals surface area contributed by atoms with Gasteiger partial charge in [0, 0.05) is 6.42 Å². The van der Waals surface area contributed by atoms with Gasteiger partial charge in [0.15, 0.2) is 0 Å². The van der Waals surface area contributed by atoms with Crippen molar-refractivity contribution in [1.29, 1.82) is 0 Å². The number of aliphatic hydroxyl groups is 2. The van der Waals surface area contributed by atoms with Gasteiger partial charge in [-0.05, 0) is 77.0 Å². The van der Waals surface area contributed by atoms with Gasteiger partial charge in [-0.1, -0.05) is 236 Å². The van der Waals surface area contributed by atoms with Crippen LogP contribution in [0.2, 0.25) is 0 Å². The number of ether oxygens (including phenoxy) is 1. The number of nitrogens with one attached hydrogen (secondary N) is 1. The van der Waals surface area contributed by atoms with E-state index in [9.17, 15) is 19.8 Å². The molecule has 0 aromatic heterocycles. The molecule has 3 N–H and O–H groups in total. The van der Waals surface area contributed by atoms with Crippen molar-refractivity contribution in [2.24, 2.45) is 0 Å². The summed E-state index contributed by atoms with van der Waals surface area (Å²) in [5.74, 6) is -0.523. The Morgan fingerprint density at radius 1 is 0.476 bits per heavy atom. The Balaban J connectivity index is 4.62. The summed E-state index contributed by atoms with van der Waals surface area (Å²) in [6.07, 6.45) is 61.7. The first kappa shape index (κ1) is 60.8. The zero-order valence-electron chi connectivity index (χ0n) is 42.0. The van der Waals surface area contributed by atoms with Gasteiger partial charge < -0.3 is 20.3 Å². The van der Waals surface area contributed by atoms with Crippen LogP contribution in [0.1, 0.15) is 278 Å². The van der Waals surface area contributed by atoms with Crippen LogP contribution in [0.4, 0.5) is 0 Å². The topological polar surface area (TPSA) is 95.9 Å². The average Bonchev–Trinajstić information content (AvgIpc) is 3.28. The minimum atomic E-state index is -0.800. The summed E-state index contributed by atoms with van der Waals surface area (Å²) >= 11 is 0. The minimum absolute atomic E-state index is 0.0424. The average molecular weight is 884 g/mol. The Kier molecular flexibility index (Phi) is 49.1. The number of unbranched alkanes of at least 4 members (excludes halogenated alkanes) is 30. The highest BCUT2D eigenvalue weighted by atomic mass is 16.5. The van der Waals surface area contributed by atoms with Crippen molar-refractivity contribution in [3.8, 4) is 0 Å². The molecule has 0 bridgehead atoms. The highest BCUT2D eigenvalue weighted by Gasteiger charge is 2.24. The van der Waals surface area contributed by atoms with Crippen molar-refractivity contribution in [3.05, 3.63) is 48.6 Å². The summed E-state index contributed by atoms with van der Waals surface area (Å²) in [5.41, 5.74) is 0. The van der Waals surface area contributed by atoms with Crippen molar-refractivity contribution in [2.75, 3.05) is 6.61 Å². The quantitative estimate of drug-likeness (QED) is 0.0245. The number of hydrogen-bond donors (Lipinski definition) is 3. The summed E-state index contributed by atoms with van der Waals surface area (Å²) in [7, 11) is 0. The number of hydrogen-bond acceptors (Lipinski definition) is 5. The molecule has 0 aromatic rings. The van der Waals surface area contributed by atoms with Crippen LogP contribution in [-0.4, -0.2) is 46.9 Å². The molecule has 63 heavy (non-hydrogen) atoms. The highest BCUT2D eigenvalue weighted by Crippen LogP contribution is 2.17. The van der Waals surface area contributed by atoms with Crippen molar-refractivity contribution in [3.63, 3.8) is 0 Å². The second-order valence-electron chi connectivity index (χ2n) is 18.7. The number of carbonyl (C=O) groups excluding carboxylic acids is 2. The van der Waals surface area contributed by atoms with E-state index in [0.29, 0.717) is 19.3 Å². The van der Waals surface area contributed by atoms with Crippen LogP contribution < -0.4 is 5.32 Å². The zero-order valence-corrected chi connectivity index (χ0v) is 42.0. The molecule has 0 spiro atoms. The maximum absolute atomic E-state index is 13.2. The second kappa shape index (κ2) is 50.8. The normalized spacial score (nSPS) is 13.5. The molecule has 6 nitrogen and oxygen atoms in total. The van der Waals surface area contributed by atoms with E-state index in [4.69, 9.17) is 4.74 Å². The molecule has 0 saturated heterocycles. The lowest BCUT2D eigenvalue weighted by atomic mass is 10.0. The zero-order chi connectivity index (χ0) is 45.9. The minimum Gasteiger partial charge on any atom is -0.462 e. The maximum atomic E-state index is 13.2. The maximum Gasteiger partial charge on any atom is 0.306 e. The monoisotopic (exact) mass is 884 g/mol. The van der Waals surface area contributed by atoms with Crippen LogP contribution in [-0.2, 0) is 14.3 Å². The first-order valence-corrected chi connectivity index (χ1v) is 27.4. The van der Waals surface area contributed by atoms with Gasteiger partial charge in [-0.15, -0.1) is 0 Å². The molecular formula is C57H105NO5. The number of aliphatic hydroxyl groups excluding tert-OH is 2. The predicted octanol–water partition coefficient (Wildman–Crippen LogP) is 16.6. The van der Waals surface area contributed by atoms with Gasteiger partial charge in [0.1, 0.15) is 6.10 Å². The van der Waals surface area contributed by atoms with Crippen molar-refractivity contribution in [1.82, 2.24) is 5.32 Å². The van der Waals surface area contributed by atoms with E-state index < -0.39 is 18.2 Å². The summed E-state index contributed by atoms with van der Waals surface area (Å²) in [4.78, 5) is 26.2. The van der Waals surface area contributed by atoms with Gasteiger partial charge in [0.2, 0.25) is 5.91 Å². The van der Waals surface area contributed by atoms with Gasteiger partial charge >= 0.3 is 5.97 Å². The number of rotatable bonds is 49.